The zero-order valence-corrected chi connectivity index (χ0v) is 13.9. The van der Waals surface area contributed by atoms with Crippen LogP contribution in [-0.2, 0) is 0 Å². The number of amides is 1. The number of carbonyl (C=O) groups excluding carboxylic acids is 1. The lowest BCUT2D eigenvalue weighted by Gasteiger charge is -2.08. The molecule has 0 bridgehead atoms. The number of halogens is 1. The van der Waals surface area contributed by atoms with E-state index in [0.29, 0.717) is 17.2 Å². The standard InChI is InChI=1S/C19H17FN4O/c1-12-8-13(2)10-16(9-12)22-19(25)17-6-7-18(24-23-17)21-15-5-3-4-14(20)11-15/h3-11H,1-2H3,(H,21,24)(H,22,25). The molecule has 0 atom stereocenters. The number of rotatable bonds is 4. The molecule has 0 aliphatic rings. The Morgan fingerprint density at radius 1 is 0.920 bits per heavy atom. The first kappa shape index (κ1) is 16.6. The van der Waals surface area contributed by atoms with Crippen LogP contribution in [0.25, 0.3) is 0 Å². The Balaban J connectivity index is 1.70. The highest BCUT2D eigenvalue weighted by Gasteiger charge is 2.09. The van der Waals surface area contributed by atoms with Crippen molar-refractivity contribution in [2.24, 2.45) is 0 Å². The number of hydrogen-bond donors (Lipinski definition) is 2. The molecule has 0 saturated heterocycles. The van der Waals surface area contributed by atoms with Crippen LogP contribution in [0.1, 0.15) is 21.6 Å². The van der Waals surface area contributed by atoms with Gasteiger partial charge in [-0.2, -0.15) is 0 Å². The lowest BCUT2D eigenvalue weighted by atomic mass is 10.1. The molecule has 0 spiro atoms. The second-order valence-corrected chi connectivity index (χ2v) is 5.77. The second-order valence-electron chi connectivity index (χ2n) is 5.77. The van der Waals surface area contributed by atoms with E-state index in [2.05, 4.69) is 20.8 Å². The van der Waals surface area contributed by atoms with Gasteiger partial charge < -0.3 is 10.6 Å². The Morgan fingerprint density at radius 2 is 1.68 bits per heavy atom. The molecule has 0 unspecified atom stereocenters. The first-order valence-corrected chi connectivity index (χ1v) is 7.75. The summed E-state index contributed by atoms with van der Waals surface area (Å²) in [5.41, 5.74) is 3.60. The van der Waals surface area contributed by atoms with Crippen LogP contribution in [0.3, 0.4) is 0 Å². The molecule has 0 fully saturated rings. The Hall–Kier alpha value is -3.28. The van der Waals surface area contributed by atoms with E-state index >= 15 is 0 Å². The van der Waals surface area contributed by atoms with Gasteiger partial charge in [0.05, 0.1) is 0 Å². The van der Waals surface area contributed by atoms with Gasteiger partial charge in [-0.05, 0) is 67.4 Å². The summed E-state index contributed by atoms with van der Waals surface area (Å²) in [6, 6.07) is 15.0. The van der Waals surface area contributed by atoms with Gasteiger partial charge in [-0.3, -0.25) is 4.79 Å². The highest BCUT2D eigenvalue weighted by Crippen LogP contribution is 2.16. The summed E-state index contributed by atoms with van der Waals surface area (Å²) in [6.07, 6.45) is 0. The first-order chi connectivity index (χ1) is 12.0. The van der Waals surface area contributed by atoms with Crippen LogP contribution in [0.2, 0.25) is 0 Å². The van der Waals surface area contributed by atoms with Crippen molar-refractivity contribution >= 4 is 23.1 Å². The molecule has 3 rings (SSSR count). The van der Waals surface area contributed by atoms with E-state index in [1.165, 1.54) is 12.1 Å². The number of nitrogens with zero attached hydrogens (tertiary/aromatic N) is 2. The van der Waals surface area contributed by atoms with E-state index in [-0.39, 0.29) is 17.4 Å². The monoisotopic (exact) mass is 336 g/mol. The van der Waals surface area contributed by atoms with Crippen LogP contribution in [0.4, 0.5) is 21.6 Å². The molecule has 5 nitrogen and oxygen atoms in total. The fourth-order valence-electron chi connectivity index (χ4n) is 2.48. The minimum absolute atomic E-state index is 0.198. The summed E-state index contributed by atoms with van der Waals surface area (Å²) in [5.74, 6) is -0.259. The summed E-state index contributed by atoms with van der Waals surface area (Å²) in [7, 11) is 0. The molecule has 0 aliphatic carbocycles. The predicted octanol–water partition coefficient (Wildman–Crippen LogP) is 4.23. The molecule has 6 heteroatoms. The molecule has 1 heterocycles. The quantitative estimate of drug-likeness (QED) is 0.748. The fraction of sp³-hybridized carbons (Fsp3) is 0.105. The Kier molecular flexibility index (Phi) is 4.70. The van der Waals surface area contributed by atoms with Crippen LogP contribution in [0, 0.1) is 19.7 Å². The number of nitrogens with one attached hydrogen (secondary N) is 2. The van der Waals surface area contributed by atoms with E-state index in [4.69, 9.17) is 0 Å². The fourth-order valence-corrected chi connectivity index (χ4v) is 2.48. The van der Waals surface area contributed by atoms with E-state index in [1.807, 2.05) is 32.0 Å². The van der Waals surface area contributed by atoms with Gasteiger partial charge in [0.15, 0.2) is 11.5 Å². The number of benzene rings is 2. The number of aryl methyl sites for hydroxylation is 2. The third kappa shape index (κ3) is 4.38. The predicted molar refractivity (Wildman–Crippen MR) is 95.6 cm³/mol. The van der Waals surface area contributed by atoms with Crippen molar-refractivity contribution in [2.45, 2.75) is 13.8 Å². The average molecular weight is 336 g/mol. The van der Waals surface area contributed by atoms with Gasteiger partial charge in [0.1, 0.15) is 5.82 Å². The summed E-state index contributed by atoms with van der Waals surface area (Å²) in [5, 5.41) is 13.6. The summed E-state index contributed by atoms with van der Waals surface area (Å²) < 4.78 is 13.2. The largest absolute Gasteiger partial charge is 0.339 e. The molecule has 25 heavy (non-hydrogen) atoms. The molecule has 126 valence electrons. The van der Waals surface area contributed by atoms with Gasteiger partial charge in [-0.1, -0.05) is 12.1 Å². The van der Waals surface area contributed by atoms with Crippen molar-refractivity contribution in [1.82, 2.24) is 10.2 Å². The molecule has 2 N–H and O–H groups in total. The lowest BCUT2D eigenvalue weighted by Crippen LogP contribution is -2.14. The smallest absolute Gasteiger partial charge is 0.276 e. The molecule has 0 radical (unpaired) electrons. The topological polar surface area (TPSA) is 66.9 Å². The number of anilines is 3. The average Bonchev–Trinajstić information content (AvgIpc) is 2.54. The minimum atomic E-state index is -0.345. The zero-order chi connectivity index (χ0) is 17.8. The maximum atomic E-state index is 13.2. The maximum Gasteiger partial charge on any atom is 0.276 e. The lowest BCUT2D eigenvalue weighted by molar-refractivity contribution is 0.102. The molecule has 0 saturated carbocycles. The maximum absolute atomic E-state index is 13.2. The number of aromatic nitrogens is 2. The van der Waals surface area contributed by atoms with E-state index in [9.17, 15) is 9.18 Å². The molecule has 1 amide bonds. The molecular weight excluding hydrogens is 319 g/mol. The van der Waals surface area contributed by atoms with Gasteiger partial charge in [0.25, 0.3) is 5.91 Å². The number of hydrogen-bond acceptors (Lipinski definition) is 4. The Morgan fingerprint density at radius 3 is 2.32 bits per heavy atom. The Bertz CT molecular complexity index is 889. The van der Waals surface area contributed by atoms with Crippen molar-refractivity contribution < 1.29 is 9.18 Å². The van der Waals surface area contributed by atoms with Crippen LogP contribution >= 0.6 is 0 Å². The summed E-state index contributed by atoms with van der Waals surface area (Å²) in [6.45, 7) is 3.94. The normalized spacial score (nSPS) is 10.4. The van der Waals surface area contributed by atoms with Gasteiger partial charge in [-0.15, -0.1) is 10.2 Å². The first-order valence-electron chi connectivity index (χ1n) is 7.75. The van der Waals surface area contributed by atoms with Crippen molar-refractivity contribution in [3.63, 3.8) is 0 Å². The number of carbonyl (C=O) groups is 1. The zero-order valence-electron chi connectivity index (χ0n) is 13.9. The van der Waals surface area contributed by atoms with Crippen LogP contribution in [0.15, 0.2) is 54.6 Å². The van der Waals surface area contributed by atoms with Gasteiger partial charge >= 0.3 is 0 Å². The van der Waals surface area contributed by atoms with E-state index < -0.39 is 0 Å². The highest BCUT2D eigenvalue weighted by atomic mass is 19.1. The molecule has 0 aliphatic heterocycles. The third-order valence-electron chi connectivity index (χ3n) is 3.47. The summed E-state index contributed by atoms with van der Waals surface area (Å²) >= 11 is 0. The highest BCUT2D eigenvalue weighted by molar-refractivity contribution is 6.02. The van der Waals surface area contributed by atoms with Crippen molar-refractivity contribution in [3.05, 3.63) is 77.2 Å². The third-order valence-corrected chi connectivity index (χ3v) is 3.47. The van der Waals surface area contributed by atoms with Crippen LogP contribution < -0.4 is 10.6 Å². The van der Waals surface area contributed by atoms with E-state index in [0.717, 1.165) is 11.1 Å². The van der Waals surface area contributed by atoms with Gasteiger partial charge in [0.2, 0.25) is 0 Å². The van der Waals surface area contributed by atoms with Gasteiger partial charge in [-0.25, -0.2) is 4.39 Å². The van der Waals surface area contributed by atoms with Gasteiger partial charge in [0, 0.05) is 11.4 Å². The second kappa shape index (κ2) is 7.09. The molecular formula is C19H17FN4O. The summed E-state index contributed by atoms with van der Waals surface area (Å²) in [4.78, 5) is 12.3. The molecule has 3 aromatic rings. The minimum Gasteiger partial charge on any atom is -0.339 e. The Labute approximate surface area is 144 Å². The van der Waals surface area contributed by atoms with Crippen molar-refractivity contribution in [1.29, 1.82) is 0 Å². The van der Waals surface area contributed by atoms with Crippen molar-refractivity contribution in [3.8, 4) is 0 Å². The molecule has 1 aromatic heterocycles. The molecule has 2 aromatic carbocycles. The van der Waals surface area contributed by atoms with Crippen molar-refractivity contribution in [2.75, 3.05) is 10.6 Å². The van der Waals surface area contributed by atoms with E-state index in [1.54, 1.807) is 24.3 Å². The van der Waals surface area contributed by atoms with Crippen LogP contribution in [0.5, 0.6) is 0 Å². The van der Waals surface area contributed by atoms with Crippen LogP contribution in [-0.4, -0.2) is 16.1 Å². The SMILES string of the molecule is Cc1cc(C)cc(NC(=O)c2ccc(Nc3cccc(F)c3)nn2)c1.